The number of carbonyl (C=O) groups is 2. The van der Waals surface area contributed by atoms with Crippen LogP contribution in [-0.2, 0) is 4.79 Å². The number of aromatic nitrogens is 1. The van der Waals surface area contributed by atoms with E-state index in [9.17, 15) is 9.59 Å². The fourth-order valence-corrected chi connectivity index (χ4v) is 2.96. The zero-order valence-electron chi connectivity index (χ0n) is 12.6. The molecule has 0 aliphatic carbocycles. The molecule has 0 radical (unpaired) electrons. The van der Waals surface area contributed by atoms with E-state index in [1.165, 1.54) is 0 Å². The molecule has 5 heteroatoms. The molecule has 2 heterocycles. The second-order valence-corrected chi connectivity index (χ2v) is 5.91. The zero-order chi connectivity index (χ0) is 15.4. The van der Waals surface area contributed by atoms with Gasteiger partial charge in [0.05, 0.1) is 0 Å². The van der Waals surface area contributed by atoms with E-state index in [1.54, 1.807) is 18.3 Å². The Kier molecular flexibility index (Phi) is 4.94. The topological polar surface area (TPSA) is 70.5 Å². The first kappa shape index (κ1) is 15.5. The summed E-state index contributed by atoms with van der Waals surface area (Å²) in [5, 5.41) is 8.91. The number of rotatable bonds is 4. The Balaban J connectivity index is 2.03. The quantitative estimate of drug-likeness (QED) is 0.924. The van der Waals surface area contributed by atoms with E-state index >= 15 is 0 Å². The number of piperidine rings is 1. The first-order valence-electron chi connectivity index (χ1n) is 7.41. The number of carboxylic acids is 1. The van der Waals surface area contributed by atoms with Gasteiger partial charge in [0, 0.05) is 37.0 Å². The molecule has 1 saturated heterocycles. The lowest BCUT2D eigenvalue weighted by Crippen LogP contribution is -2.42. The molecule has 5 nitrogen and oxygen atoms in total. The molecule has 1 aliphatic heterocycles. The number of hydrogen-bond acceptors (Lipinski definition) is 3. The highest BCUT2D eigenvalue weighted by Gasteiger charge is 2.28. The maximum Gasteiger partial charge on any atom is 0.303 e. The Bertz CT molecular complexity index is 530. The number of pyridine rings is 1. The average molecular weight is 290 g/mol. The molecule has 2 atom stereocenters. The summed E-state index contributed by atoms with van der Waals surface area (Å²) in [6, 6.07) is 3.53. The van der Waals surface area contributed by atoms with Gasteiger partial charge < -0.3 is 10.0 Å². The molecule has 2 rings (SSSR count). The van der Waals surface area contributed by atoms with E-state index in [1.807, 2.05) is 18.7 Å². The molecule has 0 spiro atoms. The van der Waals surface area contributed by atoms with Gasteiger partial charge in [0.1, 0.15) is 0 Å². The van der Waals surface area contributed by atoms with Gasteiger partial charge in [-0.25, -0.2) is 0 Å². The minimum absolute atomic E-state index is 0.0210. The summed E-state index contributed by atoms with van der Waals surface area (Å²) < 4.78 is 0. The van der Waals surface area contributed by atoms with E-state index in [-0.39, 0.29) is 24.2 Å². The number of nitrogens with zero attached hydrogens (tertiary/aromatic N) is 2. The van der Waals surface area contributed by atoms with Gasteiger partial charge in [0.25, 0.3) is 5.91 Å². The van der Waals surface area contributed by atoms with Crippen molar-refractivity contribution in [2.45, 2.75) is 33.1 Å². The van der Waals surface area contributed by atoms with Crippen molar-refractivity contribution in [1.82, 2.24) is 9.88 Å². The van der Waals surface area contributed by atoms with Crippen LogP contribution < -0.4 is 0 Å². The summed E-state index contributed by atoms with van der Waals surface area (Å²) in [6.07, 6.45) is 3.75. The Morgan fingerprint density at radius 3 is 2.95 bits per heavy atom. The van der Waals surface area contributed by atoms with Crippen LogP contribution in [0.15, 0.2) is 18.3 Å². The lowest BCUT2D eigenvalue weighted by atomic mass is 9.84. The van der Waals surface area contributed by atoms with Gasteiger partial charge in [-0.2, -0.15) is 0 Å². The zero-order valence-corrected chi connectivity index (χ0v) is 12.6. The fraction of sp³-hybridized carbons (Fsp3) is 0.562. The Labute approximate surface area is 125 Å². The highest BCUT2D eigenvalue weighted by molar-refractivity contribution is 5.94. The molecule has 1 N–H and O–H groups in total. The largest absolute Gasteiger partial charge is 0.481 e. The molecule has 0 aromatic carbocycles. The van der Waals surface area contributed by atoms with Crippen LogP contribution in [0.5, 0.6) is 0 Å². The highest BCUT2D eigenvalue weighted by atomic mass is 16.4. The van der Waals surface area contributed by atoms with E-state index in [2.05, 4.69) is 4.98 Å². The van der Waals surface area contributed by atoms with Crippen LogP contribution in [0, 0.1) is 18.8 Å². The Morgan fingerprint density at radius 2 is 2.29 bits per heavy atom. The molecule has 1 aromatic heterocycles. The Morgan fingerprint density at radius 1 is 1.52 bits per heavy atom. The number of aliphatic carboxylic acids is 1. The molecular formula is C16H22N2O3. The number of hydrogen-bond donors (Lipinski definition) is 1. The van der Waals surface area contributed by atoms with Gasteiger partial charge in [-0.05, 0) is 43.7 Å². The highest BCUT2D eigenvalue weighted by Crippen LogP contribution is 2.27. The minimum atomic E-state index is -0.768. The molecule has 21 heavy (non-hydrogen) atoms. The predicted molar refractivity (Wildman–Crippen MR) is 79.0 cm³/mol. The standard InChI is InChI=1S/C16H22N2O3/c1-11(8-15(19)20)14-4-3-7-18(10-14)16(21)13-5-6-17-12(2)9-13/h5-6,9,11,14H,3-4,7-8,10H2,1-2H3,(H,19,20). The maximum absolute atomic E-state index is 12.5. The van der Waals surface area contributed by atoms with Gasteiger partial charge in [0.15, 0.2) is 0 Å². The van der Waals surface area contributed by atoms with Gasteiger partial charge in [-0.15, -0.1) is 0 Å². The first-order chi connectivity index (χ1) is 9.97. The molecule has 114 valence electrons. The lowest BCUT2D eigenvalue weighted by molar-refractivity contribution is -0.138. The SMILES string of the molecule is Cc1cc(C(=O)N2CCCC(C(C)CC(=O)O)C2)ccn1. The second-order valence-electron chi connectivity index (χ2n) is 5.91. The van der Waals surface area contributed by atoms with Crippen LogP contribution in [0.25, 0.3) is 0 Å². The van der Waals surface area contributed by atoms with Gasteiger partial charge in [-0.1, -0.05) is 6.92 Å². The van der Waals surface area contributed by atoms with Crippen LogP contribution in [0.2, 0.25) is 0 Å². The van der Waals surface area contributed by atoms with E-state index in [0.29, 0.717) is 12.1 Å². The summed E-state index contributed by atoms with van der Waals surface area (Å²) in [4.78, 5) is 29.3. The second kappa shape index (κ2) is 6.70. The van der Waals surface area contributed by atoms with Crippen LogP contribution in [-0.4, -0.2) is 40.0 Å². The summed E-state index contributed by atoms with van der Waals surface area (Å²) in [5.74, 6) is -0.387. The fourth-order valence-electron chi connectivity index (χ4n) is 2.96. The maximum atomic E-state index is 12.5. The van der Waals surface area contributed by atoms with Gasteiger partial charge in [0.2, 0.25) is 0 Å². The summed E-state index contributed by atoms with van der Waals surface area (Å²) in [6.45, 7) is 5.22. The van der Waals surface area contributed by atoms with Crippen LogP contribution >= 0.6 is 0 Å². The monoisotopic (exact) mass is 290 g/mol. The first-order valence-corrected chi connectivity index (χ1v) is 7.41. The molecule has 2 unspecified atom stereocenters. The van der Waals surface area contributed by atoms with Crippen molar-refractivity contribution >= 4 is 11.9 Å². The van der Waals surface area contributed by atoms with Crippen molar-refractivity contribution in [3.05, 3.63) is 29.6 Å². The molecule has 0 bridgehead atoms. The third-order valence-corrected chi connectivity index (χ3v) is 4.19. The summed E-state index contributed by atoms with van der Waals surface area (Å²) in [7, 11) is 0. The lowest BCUT2D eigenvalue weighted by Gasteiger charge is -2.35. The summed E-state index contributed by atoms with van der Waals surface area (Å²) in [5.41, 5.74) is 1.49. The Hall–Kier alpha value is -1.91. The third kappa shape index (κ3) is 4.03. The molecule has 1 aromatic rings. The molecule has 0 saturated carbocycles. The summed E-state index contributed by atoms with van der Waals surface area (Å²) >= 11 is 0. The molecule has 1 aliphatic rings. The van der Waals surface area contributed by atoms with E-state index in [0.717, 1.165) is 25.1 Å². The van der Waals surface area contributed by atoms with Crippen molar-refractivity contribution in [3.8, 4) is 0 Å². The average Bonchev–Trinajstić information content (AvgIpc) is 2.46. The van der Waals surface area contributed by atoms with E-state index < -0.39 is 5.97 Å². The number of amides is 1. The number of aryl methyl sites for hydroxylation is 1. The predicted octanol–water partition coefficient (Wildman–Crippen LogP) is 2.35. The third-order valence-electron chi connectivity index (χ3n) is 4.19. The molecule has 1 amide bonds. The van der Waals surface area contributed by atoms with Crippen molar-refractivity contribution in [1.29, 1.82) is 0 Å². The molecule has 1 fully saturated rings. The number of carbonyl (C=O) groups excluding carboxylic acids is 1. The molecular weight excluding hydrogens is 268 g/mol. The van der Waals surface area contributed by atoms with Crippen LogP contribution in [0.1, 0.15) is 42.2 Å². The van der Waals surface area contributed by atoms with Crippen molar-refractivity contribution < 1.29 is 14.7 Å². The van der Waals surface area contributed by atoms with Gasteiger partial charge >= 0.3 is 5.97 Å². The van der Waals surface area contributed by atoms with Crippen molar-refractivity contribution in [2.75, 3.05) is 13.1 Å². The van der Waals surface area contributed by atoms with Crippen molar-refractivity contribution in [3.63, 3.8) is 0 Å². The van der Waals surface area contributed by atoms with Crippen molar-refractivity contribution in [2.24, 2.45) is 11.8 Å². The van der Waals surface area contributed by atoms with Crippen LogP contribution in [0.3, 0.4) is 0 Å². The normalized spacial score (nSPS) is 20.1. The van der Waals surface area contributed by atoms with E-state index in [4.69, 9.17) is 5.11 Å². The van der Waals surface area contributed by atoms with Gasteiger partial charge in [-0.3, -0.25) is 14.6 Å². The smallest absolute Gasteiger partial charge is 0.303 e. The number of carboxylic acid groups (broad SMARTS) is 1. The minimum Gasteiger partial charge on any atom is -0.481 e. The van der Waals surface area contributed by atoms with Crippen LogP contribution in [0.4, 0.5) is 0 Å². The number of likely N-dealkylation sites (tertiary alicyclic amines) is 1.